The van der Waals surface area contributed by atoms with Crippen molar-refractivity contribution in [2.45, 2.75) is 37.5 Å². The van der Waals surface area contributed by atoms with Gasteiger partial charge in [-0.25, -0.2) is 0 Å². The fourth-order valence-electron chi connectivity index (χ4n) is 2.53. The van der Waals surface area contributed by atoms with Crippen LogP contribution >= 0.6 is 11.8 Å². The number of aryl methyl sites for hydroxylation is 1. The number of nitrogens with one attached hydrogen (secondary N) is 1. The number of hydrogen-bond acceptors (Lipinski definition) is 4. The first kappa shape index (κ1) is 13.2. The lowest BCUT2D eigenvalue weighted by molar-refractivity contribution is 1.17. The Morgan fingerprint density at radius 1 is 0.850 bits per heavy atom. The van der Waals surface area contributed by atoms with Crippen molar-refractivity contribution < 1.29 is 0 Å². The summed E-state index contributed by atoms with van der Waals surface area (Å²) in [6.45, 7) is 8.44. The minimum absolute atomic E-state index is 0.652. The summed E-state index contributed by atoms with van der Waals surface area (Å²) < 4.78 is 0. The molecular weight excluding hydrogens is 266 g/mol. The third-order valence-corrected chi connectivity index (χ3v) is 5.68. The lowest BCUT2D eigenvalue weighted by Gasteiger charge is -2.27. The highest BCUT2D eigenvalue weighted by atomic mass is 32.2. The Kier molecular flexibility index (Phi) is 2.87. The minimum atomic E-state index is 0.652. The molecule has 2 aromatic rings. The highest BCUT2D eigenvalue weighted by Crippen LogP contribution is 2.52. The van der Waals surface area contributed by atoms with Crippen molar-refractivity contribution in [1.29, 1.82) is 0 Å². The largest absolute Gasteiger partial charge is 0.397 e. The van der Waals surface area contributed by atoms with E-state index in [1.807, 2.05) is 6.92 Å². The second kappa shape index (κ2) is 4.35. The lowest BCUT2D eigenvalue weighted by atomic mass is 10.0. The number of hydrogen-bond donors (Lipinski definition) is 3. The number of anilines is 4. The molecule has 0 spiro atoms. The van der Waals surface area contributed by atoms with Crippen LogP contribution in [0.3, 0.4) is 0 Å². The Hall–Kier alpha value is -1.81. The zero-order valence-corrected chi connectivity index (χ0v) is 13.0. The molecule has 0 aliphatic carbocycles. The van der Waals surface area contributed by atoms with Gasteiger partial charge in [0.2, 0.25) is 0 Å². The molecular formula is C16H19N3S. The van der Waals surface area contributed by atoms with E-state index in [0.717, 1.165) is 16.9 Å². The van der Waals surface area contributed by atoms with Crippen LogP contribution in [0.4, 0.5) is 22.7 Å². The van der Waals surface area contributed by atoms with Crippen LogP contribution in [0, 0.1) is 27.7 Å². The molecule has 0 bridgehead atoms. The average molecular weight is 285 g/mol. The standard InChI is InChI=1S/C16H19N3S/c1-7-5-6-11-15(8(7)2)20-16-10(4)9(3)12(17)13(18)14(16)19-11/h5-6,19H,17-18H2,1-4H3. The lowest BCUT2D eigenvalue weighted by Crippen LogP contribution is -2.10. The molecule has 1 aliphatic rings. The van der Waals surface area contributed by atoms with Gasteiger partial charge in [0.05, 0.1) is 22.7 Å². The van der Waals surface area contributed by atoms with Gasteiger partial charge < -0.3 is 16.8 Å². The van der Waals surface area contributed by atoms with Crippen LogP contribution in [0.2, 0.25) is 0 Å². The summed E-state index contributed by atoms with van der Waals surface area (Å²) in [6.07, 6.45) is 0. The molecule has 0 unspecified atom stereocenters. The SMILES string of the molecule is Cc1ccc2c(c1C)Sc1c(C)c(C)c(N)c(N)c1N2. The first-order valence-corrected chi connectivity index (χ1v) is 7.46. The van der Waals surface area contributed by atoms with E-state index < -0.39 is 0 Å². The van der Waals surface area contributed by atoms with Crippen molar-refractivity contribution >= 4 is 34.5 Å². The van der Waals surface area contributed by atoms with E-state index in [1.54, 1.807) is 11.8 Å². The fourth-order valence-corrected chi connectivity index (χ4v) is 3.84. The number of nitrogen functional groups attached to an aromatic ring is 2. The molecule has 1 heterocycles. The summed E-state index contributed by atoms with van der Waals surface area (Å²) in [5.41, 5.74) is 20.6. The average Bonchev–Trinajstić information content (AvgIpc) is 2.45. The van der Waals surface area contributed by atoms with Gasteiger partial charge >= 0.3 is 0 Å². The third kappa shape index (κ3) is 1.68. The van der Waals surface area contributed by atoms with Gasteiger partial charge in [-0.15, -0.1) is 0 Å². The molecule has 3 rings (SSSR count). The molecule has 5 N–H and O–H groups in total. The molecule has 0 saturated carbocycles. The van der Waals surface area contributed by atoms with E-state index in [2.05, 4.69) is 38.2 Å². The van der Waals surface area contributed by atoms with Crippen molar-refractivity contribution in [2.75, 3.05) is 16.8 Å². The smallest absolute Gasteiger partial charge is 0.0801 e. The van der Waals surface area contributed by atoms with Gasteiger partial charge in [0.25, 0.3) is 0 Å². The maximum atomic E-state index is 6.20. The first-order valence-electron chi connectivity index (χ1n) is 6.65. The predicted octanol–water partition coefficient (Wildman–Crippen LogP) is 4.29. The highest BCUT2D eigenvalue weighted by Gasteiger charge is 2.24. The van der Waals surface area contributed by atoms with Crippen LogP contribution < -0.4 is 16.8 Å². The van der Waals surface area contributed by atoms with E-state index in [0.29, 0.717) is 11.4 Å². The summed E-state index contributed by atoms with van der Waals surface area (Å²) >= 11 is 1.79. The molecule has 0 aromatic heterocycles. The molecule has 0 fully saturated rings. The maximum absolute atomic E-state index is 6.20. The third-order valence-electron chi connectivity index (χ3n) is 4.23. The van der Waals surface area contributed by atoms with Gasteiger partial charge in [0.15, 0.2) is 0 Å². The van der Waals surface area contributed by atoms with E-state index in [9.17, 15) is 0 Å². The number of rotatable bonds is 0. The Morgan fingerprint density at radius 2 is 1.55 bits per heavy atom. The monoisotopic (exact) mass is 285 g/mol. The molecule has 0 atom stereocenters. The zero-order valence-electron chi connectivity index (χ0n) is 12.2. The molecule has 4 heteroatoms. The van der Waals surface area contributed by atoms with Gasteiger partial charge in [0.1, 0.15) is 0 Å². The summed E-state index contributed by atoms with van der Waals surface area (Å²) in [7, 11) is 0. The minimum Gasteiger partial charge on any atom is -0.397 e. The second-order valence-electron chi connectivity index (χ2n) is 5.39. The van der Waals surface area contributed by atoms with Gasteiger partial charge in [0, 0.05) is 9.79 Å². The maximum Gasteiger partial charge on any atom is 0.0801 e. The van der Waals surface area contributed by atoms with Crippen LogP contribution in [0.15, 0.2) is 21.9 Å². The van der Waals surface area contributed by atoms with Gasteiger partial charge in [-0.05, 0) is 56.0 Å². The molecule has 20 heavy (non-hydrogen) atoms. The molecule has 1 aliphatic heterocycles. The van der Waals surface area contributed by atoms with E-state index in [1.165, 1.54) is 26.5 Å². The van der Waals surface area contributed by atoms with Crippen LogP contribution in [0.25, 0.3) is 0 Å². The molecule has 3 nitrogen and oxygen atoms in total. The number of nitrogens with two attached hydrogens (primary N) is 2. The topological polar surface area (TPSA) is 64.1 Å². The van der Waals surface area contributed by atoms with Crippen molar-refractivity contribution in [3.63, 3.8) is 0 Å². The predicted molar refractivity (Wildman–Crippen MR) is 88.1 cm³/mol. The van der Waals surface area contributed by atoms with Crippen molar-refractivity contribution in [1.82, 2.24) is 0 Å². The Balaban J connectivity index is 2.26. The molecule has 0 saturated heterocycles. The van der Waals surface area contributed by atoms with Crippen molar-refractivity contribution in [3.8, 4) is 0 Å². The number of benzene rings is 2. The van der Waals surface area contributed by atoms with Crippen LogP contribution in [0.1, 0.15) is 22.3 Å². The van der Waals surface area contributed by atoms with E-state index >= 15 is 0 Å². The van der Waals surface area contributed by atoms with E-state index in [-0.39, 0.29) is 0 Å². The van der Waals surface area contributed by atoms with Crippen LogP contribution in [0.5, 0.6) is 0 Å². The zero-order chi connectivity index (χ0) is 14.6. The molecule has 2 aromatic carbocycles. The normalized spacial score (nSPS) is 12.6. The second-order valence-corrected chi connectivity index (χ2v) is 6.41. The Labute approximate surface area is 123 Å². The molecule has 0 amide bonds. The Bertz CT molecular complexity index is 735. The van der Waals surface area contributed by atoms with Gasteiger partial charge in [-0.1, -0.05) is 17.8 Å². The van der Waals surface area contributed by atoms with Gasteiger partial charge in [-0.3, -0.25) is 0 Å². The van der Waals surface area contributed by atoms with Crippen molar-refractivity contribution in [2.24, 2.45) is 0 Å². The van der Waals surface area contributed by atoms with Gasteiger partial charge in [-0.2, -0.15) is 0 Å². The Morgan fingerprint density at radius 3 is 2.25 bits per heavy atom. The van der Waals surface area contributed by atoms with Crippen molar-refractivity contribution in [3.05, 3.63) is 34.4 Å². The molecule has 0 radical (unpaired) electrons. The summed E-state index contributed by atoms with van der Waals surface area (Å²) in [4.78, 5) is 2.47. The summed E-state index contributed by atoms with van der Waals surface area (Å²) in [6, 6.07) is 4.24. The quantitative estimate of drug-likeness (QED) is 0.539. The highest BCUT2D eigenvalue weighted by molar-refractivity contribution is 7.99. The van der Waals surface area contributed by atoms with E-state index in [4.69, 9.17) is 11.5 Å². The summed E-state index contributed by atoms with van der Waals surface area (Å²) in [5.74, 6) is 0. The first-order chi connectivity index (χ1) is 9.41. The van der Waals surface area contributed by atoms with Crippen LogP contribution in [-0.2, 0) is 0 Å². The summed E-state index contributed by atoms with van der Waals surface area (Å²) in [5, 5.41) is 3.46. The van der Waals surface area contributed by atoms with Crippen LogP contribution in [-0.4, -0.2) is 0 Å². The fraction of sp³-hybridized carbons (Fsp3) is 0.250. The number of fused-ring (bicyclic) bond motifs is 2. The molecule has 104 valence electrons.